The zero-order chi connectivity index (χ0) is 26.5. The number of furan rings is 1. The van der Waals surface area contributed by atoms with Gasteiger partial charge in [0.05, 0.1) is 21.8 Å². The second-order valence-electron chi connectivity index (χ2n) is 8.87. The van der Waals surface area contributed by atoms with E-state index in [0.29, 0.717) is 39.3 Å². The molecule has 0 aliphatic rings. The maximum absolute atomic E-state index is 12.3. The van der Waals surface area contributed by atoms with Crippen molar-refractivity contribution < 1.29 is 57.0 Å². The summed E-state index contributed by atoms with van der Waals surface area (Å²) in [7, 11) is -3.82. The summed E-state index contributed by atoms with van der Waals surface area (Å²) in [6.07, 6.45) is -0.535. The number of carbonyl (C=O) groups excluding carboxylic acids is 1. The number of sulfonamides is 1. The number of nitrogens with two attached hydrogens (primary N) is 1. The standard InChI is InChI=1S/C28H24N2O6S.Na/c1-15-8-13-24(35-17(3)18-9-11-19(12-10-18)37(29,33)34)25-21(28(31)32)14-22(30-26(15)25)27-16(2)20-6-4-5-7-23(20)36-27;/h4-14,17H,1-3H3,(H,31,32)(H2,29,33,34);/q;+1/p-1/t17-;/m0./s1. The number of para-hydroxylation sites is 1. The van der Waals surface area contributed by atoms with Crippen molar-refractivity contribution >= 4 is 37.9 Å². The molecule has 0 radical (unpaired) electrons. The number of aromatic carboxylic acids is 1. The molecule has 0 bridgehead atoms. The van der Waals surface area contributed by atoms with Crippen LogP contribution in [0.2, 0.25) is 0 Å². The van der Waals surface area contributed by atoms with Crippen molar-refractivity contribution in [2.45, 2.75) is 31.8 Å². The van der Waals surface area contributed by atoms with Crippen molar-refractivity contribution in [2.75, 3.05) is 0 Å². The van der Waals surface area contributed by atoms with Crippen LogP contribution in [0.1, 0.15) is 40.1 Å². The van der Waals surface area contributed by atoms with Gasteiger partial charge in [-0.3, -0.25) is 0 Å². The number of aromatic nitrogens is 1. The predicted octanol–water partition coefficient (Wildman–Crippen LogP) is 1.42. The molecule has 0 saturated carbocycles. The number of carboxylic acid groups (broad SMARTS) is 1. The van der Waals surface area contributed by atoms with E-state index in [2.05, 4.69) is 0 Å². The molecule has 0 aliphatic heterocycles. The molecule has 0 saturated heterocycles. The van der Waals surface area contributed by atoms with Crippen molar-refractivity contribution in [1.82, 2.24) is 4.98 Å². The summed E-state index contributed by atoms with van der Waals surface area (Å²) in [5, 5.41) is 18.7. The number of primary sulfonamides is 1. The van der Waals surface area contributed by atoms with E-state index < -0.39 is 22.1 Å². The maximum atomic E-state index is 12.3. The maximum Gasteiger partial charge on any atom is 1.00 e. The quantitative estimate of drug-likeness (QED) is 0.323. The molecule has 5 aromatic rings. The Labute approximate surface area is 241 Å². The molecule has 0 fully saturated rings. The fourth-order valence-electron chi connectivity index (χ4n) is 4.42. The Morgan fingerprint density at radius 1 is 1.05 bits per heavy atom. The van der Waals surface area contributed by atoms with E-state index in [4.69, 9.17) is 19.3 Å². The van der Waals surface area contributed by atoms with Crippen molar-refractivity contribution in [3.63, 3.8) is 0 Å². The molecule has 2 heterocycles. The van der Waals surface area contributed by atoms with Gasteiger partial charge in [-0.15, -0.1) is 0 Å². The van der Waals surface area contributed by atoms with Crippen LogP contribution in [0.4, 0.5) is 0 Å². The number of ether oxygens (including phenoxy) is 1. The SMILES string of the molecule is Cc1c(-c2cc(C(=O)[O-])c3c(O[C@@H](C)c4ccc(S(N)(=O)=O)cc4)ccc(C)c3n2)oc2ccccc12.[Na+]. The topological polar surface area (TPSA) is 136 Å². The number of rotatable bonds is 6. The molecule has 38 heavy (non-hydrogen) atoms. The molecule has 0 amide bonds. The zero-order valence-corrected chi connectivity index (χ0v) is 24.1. The Morgan fingerprint density at radius 2 is 1.74 bits per heavy atom. The molecule has 0 aliphatic carbocycles. The first-order chi connectivity index (χ1) is 17.5. The van der Waals surface area contributed by atoms with Gasteiger partial charge in [0.15, 0.2) is 5.76 Å². The third-order valence-electron chi connectivity index (χ3n) is 6.40. The number of benzene rings is 3. The van der Waals surface area contributed by atoms with Crippen LogP contribution >= 0.6 is 0 Å². The van der Waals surface area contributed by atoms with Gasteiger partial charge in [-0.2, -0.15) is 0 Å². The molecule has 8 nitrogen and oxygen atoms in total. The van der Waals surface area contributed by atoms with E-state index in [1.54, 1.807) is 31.2 Å². The second kappa shape index (κ2) is 10.5. The Hall–Kier alpha value is -3.21. The van der Waals surface area contributed by atoms with Gasteiger partial charge in [-0.1, -0.05) is 36.4 Å². The third kappa shape index (κ3) is 5.08. The van der Waals surface area contributed by atoms with Crippen LogP contribution in [-0.4, -0.2) is 19.4 Å². The number of fused-ring (bicyclic) bond motifs is 2. The molecule has 3 aromatic carbocycles. The molecular formula is C28H23N2NaO6S. The molecule has 10 heteroatoms. The minimum Gasteiger partial charge on any atom is -0.545 e. The van der Waals surface area contributed by atoms with Gasteiger partial charge in [-0.05, 0) is 62.2 Å². The third-order valence-corrected chi connectivity index (χ3v) is 7.33. The van der Waals surface area contributed by atoms with E-state index in [1.165, 1.54) is 18.2 Å². The zero-order valence-electron chi connectivity index (χ0n) is 21.3. The fourth-order valence-corrected chi connectivity index (χ4v) is 4.94. The number of hydrogen-bond donors (Lipinski definition) is 1. The molecule has 2 N–H and O–H groups in total. The van der Waals surface area contributed by atoms with Crippen molar-refractivity contribution in [3.05, 3.63) is 89.0 Å². The monoisotopic (exact) mass is 538 g/mol. The molecule has 0 unspecified atom stereocenters. The van der Waals surface area contributed by atoms with Crippen molar-refractivity contribution in [1.29, 1.82) is 0 Å². The number of pyridine rings is 1. The normalized spacial score (nSPS) is 12.3. The van der Waals surface area contributed by atoms with Crippen LogP contribution in [0.15, 0.2) is 76.0 Å². The molecule has 1 atom stereocenters. The molecular weight excluding hydrogens is 515 g/mol. The van der Waals surface area contributed by atoms with Crippen LogP contribution < -0.4 is 44.5 Å². The van der Waals surface area contributed by atoms with Gasteiger partial charge in [-0.25, -0.2) is 18.5 Å². The van der Waals surface area contributed by atoms with Gasteiger partial charge in [0.1, 0.15) is 23.1 Å². The number of carboxylic acids is 1. The van der Waals surface area contributed by atoms with Gasteiger partial charge >= 0.3 is 29.6 Å². The fraction of sp³-hybridized carbons (Fsp3) is 0.143. The molecule has 2 aromatic heterocycles. The minimum absolute atomic E-state index is 0. The number of nitrogens with zero attached hydrogens (tertiary/aromatic N) is 1. The van der Waals surface area contributed by atoms with Crippen molar-refractivity contribution in [2.24, 2.45) is 5.14 Å². The summed E-state index contributed by atoms with van der Waals surface area (Å²) in [4.78, 5) is 17.1. The Morgan fingerprint density at radius 3 is 2.37 bits per heavy atom. The second-order valence-corrected chi connectivity index (χ2v) is 10.4. The van der Waals surface area contributed by atoms with E-state index in [1.807, 2.05) is 38.1 Å². The first kappa shape index (κ1) is 27.8. The number of aryl methyl sites for hydroxylation is 2. The summed E-state index contributed by atoms with van der Waals surface area (Å²) >= 11 is 0. The number of carbonyl (C=O) groups is 1. The predicted molar refractivity (Wildman–Crippen MR) is 138 cm³/mol. The summed E-state index contributed by atoms with van der Waals surface area (Å²) in [5.74, 6) is -0.578. The van der Waals surface area contributed by atoms with Gasteiger partial charge in [0.2, 0.25) is 10.0 Å². The Bertz CT molecular complexity index is 1800. The minimum atomic E-state index is -3.82. The van der Waals surface area contributed by atoms with Crippen LogP contribution in [-0.2, 0) is 10.0 Å². The van der Waals surface area contributed by atoms with Crippen LogP contribution in [0, 0.1) is 13.8 Å². The summed E-state index contributed by atoms with van der Waals surface area (Å²) in [5.41, 5.74) is 3.73. The van der Waals surface area contributed by atoms with E-state index in [-0.39, 0.29) is 40.0 Å². The first-order valence-electron chi connectivity index (χ1n) is 11.5. The van der Waals surface area contributed by atoms with Gasteiger partial charge in [0, 0.05) is 16.5 Å². The molecule has 5 rings (SSSR count). The smallest absolute Gasteiger partial charge is 0.545 e. The van der Waals surface area contributed by atoms with E-state index >= 15 is 0 Å². The summed E-state index contributed by atoms with van der Waals surface area (Å²) in [6, 6.07) is 18.5. The largest absolute Gasteiger partial charge is 1.00 e. The van der Waals surface area contributed by atoms with Crippen LogP contribution in [0.3, 0.4) is 0 Å². The Kier molecular flexibility index (Phi) is 7.69. The van der Waals surface area contributed by atoms with Crippen molar-refractivity contribution in [3.8, 4) is 17.2 Å². The number of hydrogen-bond acceptors (Lipinski definition) is 7. The average Bonchev–Trinajstić information content (AvgIpc) is 3.21. The average molecular weight is 539 g/mol. The Balaban J connectivity index is 0.00000336. The molecule has 0 spiro atoms. The first-order valence-corrected chi connectivity index (χ1v) is 13.0. The molecule has 188 valence electrons. The van der Waals surface area contributed by atoms with Gasteiger partial charge < -0.3 is 19.1 Å². The van der Waals surface area contributed by atoms with Crippen LogP contribution in [0.5, 0.6) is 5.75 Å². The van der Waals surface area contributed by atoms with Gasteiger partial charge in [0.25, 0.3) is 0 Å². The van der Waals surface area contributed by atoms with E-state index in [9.17, 15) is 18.3 Å². The van der Waals surface area contributed by atoms with Crippen LogP contribution in [0.25, 0.3) is 33.3 Å². The summed E-state index contributed by atoms with van der Waals surface area (Å²) in [6.45, 7) is 5.51. The van der Waals surface area contributed by atoms with E-state index in [0.717, 1.165) is 16.5 Å². The summed E-state index contributed by atoms with van der Waals surface area (Å²) < 4.78 is 35.3.